The highest BCUT2D eigenvalue weighted by Gasteiger charge is 2.21. The second kappa shape index (κ2) is 11.0. The molecule has 4 heterocycles. The van der Waals surface area contributed by atoms with Gasteiger partial charge in [0, 0.05) is 45.6 Å². The summed E-state index contributed by atoms with van der Waals surface area (Å²) in [5, 5.41) is 13.3. The van der Waals surface area contributed by atoms with Gasteiger partial charge in [0.15, 0.2) is 0 Å². The van der Waals surface area contributed by atoms with Crippen LogP contribution in [-0.4, -0.2) is 33.3 Å². The molecule has 0 unspecified atom stereocenters. The second-order valence-corrected chi connectivity index (χ2v) is 7.69. The molecule has 5 rings (SSSR count). The zero-order chi connectivity index (χ0) is 19.8. The molecule has 0 spiro atoms. The summed E-state index contributed by atoms with van der Waals surface area (Å²) in [5.41, 5.74) is 12.3. The number of aryl methyl sites for hydroxylation is 1. The first kappa shape index (κ1) is 25.9. The maximum Gasteiger partial charge on any atom is 0.132 e. The molecule has 1 fully saturated rings. The van der Waals surface area contributed by atoms with Gasteiger partial charge in [0.25, 0.3) is 0 Å². The maximum atomic E-state index is 6.27. The van der Waals surface area contributed by atoms with E-state index in [-0.39, 0.29) is 37.2 Å². The molecule has 3 aromatic heterocycles. The Balaban J connectivity index is 0.00000121. The number of nitrogens with two attached hydrogens (primary N) is 1. The van der Waals surface area contributed by atoms with Crippen LogP contribution in [0.25, 0.3) is 33.2 Å². The molecule has 0 atom stereocenters. The van der Waals surface area contributed by atoms with Crippen molar-refractivity contribution in [2.45, 2.75) is 25.7 Å². The predicted octanol–water partition coefficient (Wildman–Crippen LogP) is 5.31. The van der Waals surface area contributed by atoms with Crippen LogP contribution >= 0.6 is 37.2 Å². The van der Waals surface area contributed by atoms with Gasteiger partial charge < -0.3 is 11.1 Å². The van der Waals surface area contributed by atoms with Crippen LogP contribution < -0.4 is 11.1 Å². The number of hydrogen-bond donors (Lipinski definition) is 3. The lowest BCUT2D eigenvalue weighted by molar-refractivity contribution is 0.453. The van der Waals surface area contributed by atoms with E-state index < -0.39 is 0 Å². The third kappa shape index (κ3) is 4.84. The number of nitrogens with one attached hydrogen (secondary N) is 2. The molecule has 1 aliphatic heterocycles. The Morgan fingerprint density at radius 2 is 1.72 bits per heavy atom. The highest BCUT2D eigenvalue weighted by molar-refractivity contribution is 5.89. The molecule has 0 radical (unpaired) electrons. The Labute approximate surface area is 206 Å². The molecule has 6 nitrogen and oxygen atoms in total. The lowest BCUT2D eigenvalue weighted by Crippen LogP contribution is -2.27. The van der Waals surface area contributed by atoms with Crippen LogP contribution in [0.15, 0.2) is 48.8 Å². The van der Waals surface area contributed by atoms with Crippen LogP contribution in [0.1, 0.15) is 30.1 Å². The number of aromatic nitrogens is 4. The van der Waals surface area contributed by atoms with Gasteiger partial charge in [-0.15, -0.1) is 37.2 Å². The van der Waals surface area contributed by atoms with Crippen LogP contribution in [0.5, 0.6) is 0 Å². The topological polar surface area (TPSA) is 92.5 Å². The molecule has 4 N–H and O–H groups in total. The number of rotatable bonds is 3. The van der Waals surface area contributed by atoms with Gasteiger partial charge in [0.05, 0.1) is 11.9 Å². The maximum absolute atomic E-state index is 6.27. The molecule has 0 saturated carbocycles. The average molecular weight is 494 g/mol. The molecule has 1 aliphatic rings. The number of nitrogens with zero attached hydrogens (tertiary/aromatic N) is 3. The van der Waals surface area contributed by atoms with Crippen molar-refractivity contribution in [3.63, 3.8) is 0 Å². The summed E-state index contributed by atoms with van der Waals surface area (Å²) >= 11 is 0. The van der Waals surface area contributed by atoms with Crippen molar-refractivity contribution in [1.29, 1.82) is 0 Å². The number of hydrogen-bond acceptors (Lipinski definition) is 5. The lowest BCUT2D eigenvalue weighted by Gasteiger charge is -2.22. The van der Waals surface area contributed by atoms with E-state index in [1.54, 1.807) is 0 Å². The monoisotopic (exact) mass is 492 g/mol. The molecule has 9 heteroatoms. The number of fused-ring (bicyclic) bond motifs is 1. The van der Waals surface area contributed by atoms with Crippen LogP contribution in [-0.2, 0) is 0 Å². The van der Waals surface area contributed by atoms with Gasteiger partial charge in [0.2, 0.25) is 0 Å². The average Bonchev–Trinajstić information content (AvgIpc) is 3.25. The van der Waals surface area contributed by atoms with E-state index in [2.05, 4.69) is 44.8 Å². The minimum Gasteiger partial charge on any atom is -0.383 e. The zero-order valence-corrected chi connectivity index (χ0v) is 20.1. The Bertz CT molecular complexity index is 1190. The second-order valence-electron chi connectivity index (χ2n) is 7.69. The molecule has 1 saturated heterocycles. The molecular weight excluding hydrogens is 467 g/mol. The molecule has 0 bridgehead atoms. The van der Waals surface area contributed by atoms with Crippen LogP contribution in [0.3, 0.4) is 0 Å². The largest absolute Gasteiger partial charge is 0.383 e. The van der Waals surface area contributed by atoms with Gasteiger partial charge in [-0.1, -0.05) is 24.3 Å². The number of anilines is 1. The van der Waals surface area contributed by atoms with E-state index >= 15 is 0 Å². The number of pyridine rings is 2. The fraction of sp³-hybridized carbons (Fsp3) is 0.261. The lowest BCUT2D eigenvalue weighted by atomic mass is 9.90. The molecule has 4 aromatic rings. The summed E-state index contributed by atoms with van der Waals surface area (Å²) in [5.74, 6) is 0.971. The summed E-state index contributed by atoms with van der Waals surface area (Å²) < 4.78 is 0. The molecule has 1 aromatic carbocycles. The van der Waals surface area contributed by atoms with Gasteiger partial charge >= 0.3 is 0 Å². The fourth-order valence-electron chi connectivity index (χ4n) is 4.29. The van der Waals surface area contributed by atoms with Crippen molar-refractivity contribution in [2.24, 2.45) is 0 Å². The molecule has 170 valence electrons. The van der Waals surface area contributed by atoms with Crippen LogP contribution in [0.2, 0.25) is 0 Å². The van der Waals surface area contributed by atoms with Crippen LogP contribution in [0, 0.1) is 6.92 Å². The number of H-pyrrole nitrogens is 1. The van der Waals surface area contributed by atoms with Crippen molar-refractivity contribution in [3.8, 4) is 22.4 Å². The summed E-state index contributed by atoms with van der Waals surface area (Å²) in [7, 11) is 0. The van der Waals surface area contributed by atoms with Gasteiger partial charge in [-0.05, 0) is 50.4 Å². The van der Waals surface area contributed by atoms with E-state index in [4.69, 9.17) is 10.7 Å². The first-order chi connectivity index (χ1) is 14.2. The van der Waals surface area contributed by atoms with E-state index in [0.29, 0.717) is 11.7 Å². The van der Waals surface area contributed by atoms with Gasteiger partial charge in [-0.3, -0.25) is 10.1 Å². The standard InChI is InChI=1S/C23H24N6.3ClH/c1-14-18-5-3-2-4-16(18)11-21(28-14)19-10-17(12-26-23(19)24)20-13-27-29-22(20)15-6-8-25-9-7-15;;;/h2-5,10-13,15,25H,6-9H2,1H3,(H2,24,26)(H,27,29);3*1H. The number of aromatic amines is 1. The van der Waals surface area contributed by atoms with Crippen molar-refractivity contribution < 1.29 is 0 Å². The smallest absolute Gasteiger partial charge is 0.132 e. The summed E-state index contributed by atoms with van der Waals surface area (Å²) in [6, 6.07) is 12.5. The first-order valence-corrected chi connectivity index (χ1v) is 10.1. The SMILES string of the molecule is Cc1nc(-c2cc(-c3cn[nH]c3C3CCNCC3)cnc2N)cc2ccccc12.Cl.Cl.Cl. The van der Waals surface area contributed by atoms with Gasteiger partial charge in [-0.2, -0.15) is 5.10 Å². The molecule has 0 aliphatic carbocycles. The highest BCUT2D eigenvalue weighted by atomic mass is 35.5. The molecule has 32 heavy (non-hydrogen) atoms. The summed E-state index contributed by atoms with van der Waals surface area (Å²) in [6.07, 6.45) is 5.95. The Kier molecular flexibility index (Phi) is 8.87. The zero-order valence-electron chi connectivity index (χ0n) is 17.7. The van der Waals surface area contributed by atoms with Crippen molar-refractivity contribution in [3.05, 3.63) is 60.2 Å². The first-order valence-electron chi connectivity index (χ1n) is 10.1. The van der Waals surface area contributed by atoms with E-state index in [1.165, 1.54) is 5.69 Å². The number of halogens is 3. The Hall–Kier alpha value is -2.38. The number of piperidine rings is 1. The van der Waals surface area contributed by atoms with E-state index in [1.807, 2.05) is 31.5 Å². The number of benzene rings is 1. The minimum atomic E-state index is 0. The third-order valence-electron chi connectivity index (χ3n) is 5.85. The molecular formula is C23H27Cl3N6. The Morgan fingerprint density at radius 3 is 2.50 bits per heavy atom. The normalized spacial score (nSPS) is 13.7. The van der Waals surface area contributed by atoms with Gasteiger partial charge in [-0.25, -0.2) is 4.98 Å². The van der Waals surface area contributed by atoms with Gasteiger partial charge in [0.1, 0.15) is 5.82 Å². The third-order valence-corrected chi connectivity index (χ3v) is 5.85. The Morgan fingerprint density at radius 1 is 0.969 bits per heavy atom. The fourth-order valence-corrected chi connectivity index (χ4v) is 4.29. The van der Waals surface area contributed by atoms with E-state index in [0.717, 1.165) is 64.8 Å². The number of nitrogen functional groups attached to an aromatic ring is 1. The van der Waals surface area contributed by atoms with Crippen molar-refractivity contribution in [2.75, 3.05) is 18.8 Å². The summed E-state index contributed by atoms with van der Waals surface area (Å²) in [6.45, 7) is 4.11. The molecule has 0 amide bonds. The highest BCUT2D eigenvalue weighted by Crippen LogP contribution is 2.35. The van der Waals surface area contributed by atoms with Crippen molar-refractivity contribution in [1.82, 2.24) is 25.5 Å². The van der Waals surface area contributed by atoms with Crippen molar-refractivity contribution >= 4 is 53.8 Å². The van der Waals surface area contributed by atoms with E-state index in [9.17, 15) is 0 Å². The minimum absolute atomic E-state index is 0. The quantitative estimate of drug-likeness (QED) is 0.360. The van der Waals surface area contributed by atoms with Crippen LogP contribution in [0.4, 0.5) is 5.82 Å². The summed E-state index contributed by atoms with van der Waals surface area (Å²) in [4.78, 5) is 9.31. The predicted molar refractivity (Wildman–Crippen MR) is 138 cm³/mol.